The van der Waals surface area contributed by atoms with Gasteiger partial charge in [-0.1, -0.05) is 24.3 Å². The number of hydrogen-bond acceptors (Lipinski definition) is 4. The van der Waals surface area contributed by atoms with E-state index in [9.17, 15) is 0 Å². The Kier molecular flexibility index (Phi) is 3.43. The van der Waals surface area contributed by atoms with Crippen molar-refractivity contribution in [3.63, 3.8) is 0 Å². The van der Waals surface area contributed by atoms with Crippen LogP contribution in [0.5, 0.6) is 0 Å². The molecule has 0 saturated carbocycles. The first-order valence-corrected chi connectivity index (χ1v) is 7.59. The molecule has 2 nitrogen and oxygen atoms in total. The lowest BCUT2D eigenvalue weighted by atomic mass is 10.1. The van der Waals surface area contributed by atoms with Crippen LogP contribution in [0.1, 0.15) is 22.0 Å². The quantitative estimate of drug-likeness (QED) is 0.806. The lowest BCUT2D eigenvalue weighted by Gasteiger charge is -2.12. The maximum absolute atomic E-state index is 5.63. The van der Waals surface area contributed by atoms with Crippen molar-refractivity contribution in [2.75, 3.05) is 24.7 Å². The highest BCUT2D eigenvalue weighted by molar-refractivity contribution is 7.99. The largest absolute Gasteiger partial charge is 0.362 e. The van der Waals surface area contributed by atoms with Gasteiger partial charge in [-0.05, 0) is 11.1 Å². The summed E-state index contributed by atoms with van der Waals surface area (Å²) in [5, 5.41) is 0. The fraction of sp³-hybridized carbons (Fsp3) is 0.500. The van der Waals surface area contributed by atoms with Gasteiger partial charge < -0.3 is 9.47 Å². The molecule has 2 aliphatic rings. The molecule has 3 rings (SSSR count). The summed E-state index contributed by atoms with van der Waals surface area (Å²) < 4.78 is 11.3. The van der Waals surface area contributed by atoms with E-state index in [-0.39, 0.29) is 10.9 Å². The van der Waals surface area contributed by atoms with Crippen LogP contribution in [-0.4, -0.2) is 24.7 Å². The number of ether oxygens (including phenoxy) is 2. The fourth-order valence-corrected chi connectivity index (χ4v) is 3.81. The van der Waals surface area contributed by atoms with Crippen molar-refractivity contribution in [2.24, 2.45) is 0 Å². The summed E-state index contributed by atoms with van der Waals surface area (Å²) in [6, 6.07) is 8.67. The zero-order chi connectivity index (χ0) is 10.8. The molecule has 0 N–H and O–H groups in total. The van der Waals surface area contributed by atoms with E-state index in [0.717, 1.165) is 24.7 Å². The maximum atomic E-state index is 5.63. The molecule has 2 fully saturated rings. The topological polar surface area (TPSA) is 18.5 Å². The lowest BCUT2D eigenvalue weighted by molar-refractivity contribution is 0.142. The van der Waals surface area contributed by atoms with E-state index in [1.807, 2.05) is 23.5 Å². The summed E-state index contributed by atoms with van der Waals surface area (Å²) in [5.41, 5.74) is 3.03. The Morgan fingerprint density at radius 2 is 1.25 bits per heavy atom. The van der Waals surface area contributed by atoms with E-state index >= 15 is 0 Å². The van der Waals surface area contributed by atoms with Gasteiger partial charge in [0.25, 0.3) is 0 Å². The SMILES string of the molecule is c1cc(C2OCCS2)ccc1C1OCCS1. The van der Waals surface area contributed by atoms with E-state index < -0.39 is 0 Å². The maximum Gasteiger partial charge on any atom is 0.128 e. The van der Waals surface area contributed by atoms with Gasteiger partial charge in [0.1, 0.15) is 10.9 Å². The highest BCUT2D eigenvalue weighted by Gasteiger charge is 2.21. The van der Waals surface area contributed by atoms with Gasteiger partial charge in [-0.3, -0.25) is 0 Å². The average molecular weight is 254 g/mol. The average Bonchev–Trinajstić information content (AvgIpc) is 3.03. The minimum atomic E-state index is 0.242. The molecule has 2 atom stereocenters. The van der Waals surface area contributed by atoms with Crippen LogP contribution >= 0.6 is 23.5 Å². The van der Waals surface area contributed by atoms with E-state index in [4.69, 9.17) is 9.47 Å². The van der Waals surface area contributed by atoms with Crippen LogP contribution in [0.15, 0.2) is 24.3 Å². The molecule has 2 saturated heterocycles. The fourth-order valence-electron chi connectivity index (χ4n) is 1.91. The number of benzene rings is 1. The van der Waals surface area contributed by atoms with Crippen LogP contribution in [0.3, 0.4) is 0 Å². The summed E-state index contributed by atoms with van der Waals surface area (Å²) in [4.78, 5) is 0. The zero-order valence-electron chi connectivity index (χ0n) is 8.93. The second-order valence-corrected chi connectivity index (χ2v) is 6.15. The zero-order valence-corrected chi connectivity index (χ0v) is 10.6. The van der Waals surface area contributed by atoms with Crippen LogP contribution < -0.4 is 0 Å². The molecule has 2 aliphatic heterocycles. The summed E-state index contributed by atoms with van der Waals surface area (Å²) in [6.45, 7) is 1.75. The van der Waals surface area contributed by atoms with Crippen LogP contribution in [-0.2, 0) is 9.47 Å². The minimum absolute atomic E-state index is 0.242. The van der Waals surface area contributed by atoms with Crippen molar-refractivity contribution in [2.45, 2.75) is 10.9 Å². The predicted octanol–water partition coefficient (Wildman–Crippen LogP) is 3.21. The van der Waals surface area contributed by atoms with E-state index in [0.29, 0.717) is 0 Å². The first-order chi connectivity index (χ1) is 7.93. The monoisotopic (exact) mass is 254 g/mol. The van der Waals surface area contributed by atoms with Crippen molar-refractivity contribution in [3.8, 4) is 0 Å². The van der Waals surface area contributed by atoms with Gasteiger partial charge in [-0.25, -0.2) is 0 Å². The third-order valence-electron chi connectivity index (χ3n) is 2.72. The molecule has 0 aliphatic carbocycles. The van der Waals surface area contributed by atoms with Crippen molar-refractivity contribution >= 4 is 23.5 Å². The van der Waals surface area contributed by atoms with Crippen molar-refractivity contribution in [3.05, 3.63) is 35.4 Å². The molecular weight excluding hydrogens is 240 g/mol. The molecule has 0 aromatic heterocycles. The molecule has 0 amide bonds. The molecule has 4 heteroatoms. The number of hydrogen-bond donors (Lipinski definition) is 0. The second kappa shape index (κ2) is 5.00. The van der Waals surface area contributed by atoms with Crippen LogP contribution in [0.25, 0.3) is 0 Å². The van der Waals surface area contributed by atoms with Gasteiger partial charge in [0, 0.05) is 11.5 Å². The van der Waals surface area contributed by atoms with E-state index in [2.05, 4.69) is 24.3 Å². The predicted molar refractivity (Wildman–Crippen MR) is 68.7 cm³/mol. The Bertz CT molecular complexity index is 306. The van der Waals surface area contributed by atoms with Crippen LogP contribution in [0.2, 0.25) is 0 Å². The molecule has 0 spiro atoms. The molecule has 86 valence electrons. The third-order valence-corrected chi connectivity index (χ3v) is 4.95. The molecular formula is C12H14O2S2. The Labute approximate surface area is 104 Å². The van der Waals surface area contributed by atoms with Crippen LogP contribution in [0.4, 0.5) is 0 Å². The van der Waals surface area contributed by atoms with E-state index in [1.54, 1.807) is 0 Å². The highest BCUT2D eigenvalue weighted by atomic mass is 32.2. The molecule has 1 aromatic carbocycles. The first kappa shape index (κ1) is 11.0. The molecule has 16 heavy (non-hydrogen) atoms. The van der Waals surface area contributed by atoms with Gasteiger partial charge in [-0.2, -0.15) is 0 Å². The first-order valence-electron chi connectivity index (χ1n) is 5.50. The number of rotatable bonds is 2. The molecule has 2 heterocycles. The lowest BCUT2D eigenvalue weighted by Crippen LogP contribution is -1.96. The normalized spacial score (nSPS) is 29.8. The summed E-state index contributed by atoms with van der Waals surface area (Å²) in [6.07, 6.45) is 0. The van der Waals surface area contributed by atoms with Gasteiger partial charge in [0.05, 0.1) is 13.2 Å². The summed E-state index contributed by atoms with van der Waals surface area (Å²) in [7, 11) is 0. The van der Waals surface area contributed by atoms with Gasteiger partial charge in [-0.15, -0.1) is 23.5 Å². The number of thioether (sulfide) groups is 2. The van der Waals surface area contributed by atoms with Crippen LogP contribution in [0, 0.1) is 0 Å². The molecule has 1 aromatic rings. The van der Waals surface area contributed by atoms with Gasteiger partial charge in [0.2, 0.25) is 0 Å². The summed E-state index contributed by atoms with van der Waals surface area (Å²) >= 11 is 3.75. The molecule has 0 bridgehead atoms. The summed E-state index contributed by atoms with van der Waals surface area (Å²) in [5.74, 6) is 2.21. The van der Waals surface area contributed by atoms with Gasteiger partial charge >= 0.3 is 0 Å². The van der Waals surface area contributed by atoms with E-state index in [1.165, 1.54) is 11.1 Å². The third kappa shape index (κ3) is 2.25. The Balaban J connectivity index is 1.73. The standard InChI is InChI=1S/C12H14O2S2/c1-2-10(12-14-6-8-16-12)4-3-9(1)11-13-5-7-15-11/h1-4,11-12H,5-8H2. The van der Waals surface area contributed by atoms with Crippen molar-refractivity contribution in [1.82, 2.24) is 0 Å². The van der Waals surface area contributed by atoms with Crippen molar-refractivity contribution < 1.29 is 9.47 Å². The Hall–Kier alpha value is -0.160. The smallest absolute Gasteiger partial charge is 0.128 e. The minimum Gasteiger partial charge on any atom is -0.362 e. The molecule has 0 radical (unpaired) electrons. The second-order valence-electron chi connectivity index (χ2n) is 3.81. The highest BCUT2D eigenvalue weighted by Crippen LogP contribution is 2.38. The Morgan fingerprint density at radius 1 is 0.812 bits per heavy atom. The Morgan fingerprint density at radius 3 is 1.56 bits per heavy atom. The van der Waals surface area contributed by atoms with Crippen molar-refractivity contribution in [1.29, 1.82) is 0 Å². The van der Waals surface area contributed by atoms with Gasteiger partial charge in [0.15, 0.2) is 0 Å². The molecule has 2 unspecified atom stereocenters.